The van der Waals surface area contributed by atoms with Crippen LogP contribution in [0.2, 0.25) is 0 Å². The van der Waals surface area contributed by atoms with Crippen LogP contribution in [0.15, 0.2) is 42.5 Å². The van der Waals surface area contributed by atoms with Crippen LogP contribution in [0, 0.1) is 23.0 Å². The van der Waals surface area contributed by atoms with Gasteiger partial charge >= 0.3 is 0 Å². The third-order valence-corrected chi connectivity index (χ3v) is 4.69. The molecule has 2 amide bonds. The fraction of sp³-hybridized carbons (Fsp3) is 0.286. The molecule has 2 aromatic carbocycles. The van der Waals surface area contributed by atoms with E-state index in [1.165, 1.54) is 11.0 Å². The number of amides is 2. The van der Waals surface area contributed by atoms with Crippen molar-refractivity contribution >= 4 is 11.8 Å². The van der Waals surface area contributed by atoms with Gasteiger partial charge in [-0.1, -0.05) is 0 Å². The first-order valence-corrected chi connectivity index (χ1v) is 9.09. The summed E-state index contributed by atoms with van der Waals surface area (Å²) in [7, 11) is 0. The van der Waals surface area contributed by atoms with Gasteiger partial charge in [-0.25, -0.2) is 8.78 Å². The van der Waals surface area contributed by atoms with Gasteiger partial charge in [0.05, 0.1) is 11.6 Å². The Kier molecular flexibility index (Phi) is 6.07. The second-order valence-electron chi connectivity index (χ2n) is 6.64. The van der Waals surface area contributed by atoms with Crippen LogP contribution in [0.5, 0.6) is 5.75 Å². The summed E-state index contributed by atoms with van der Waals surface area (Å²) in [5, 5.41) is 8.81. The summed E-state index contributed by atoms with van der Waals surface area (Å²) in [6.07, 6.45) is -0.726. The highest BCUT2D eigenvalue weighted by Gasteiger charge is 2.28. The Morgan fingerprint density at radius 2 is 1.62 bits per heavy atom. The van der Waals surface area contributed by atoms with Crippen molar-refractivity contribution < 1.29 is 23.1 Å². The Morgan fingerprint density at radius 1 is 1.00 bits per heavy atom. The second-order valence-corrected chi connectivity index (χ2v) is 6.64. The van der Waals surface area contributed by atoms with Crippen LogP contribution in [0.3, 0.4) is 0 Å². The van der Waals surface area contributed by atoms with Gasteiger partial charge in [0.1, 0.15) is 5.75 Å². The number of carbonyl (C=O) groups is 2. The van der Waals surface area contributed by atoms with E-state index in [0.29, 0.717) is 24.4 Å². The lowest BCUT2D eigenvalue weighted by atomic mass is 10.1. The minimum atomic E-state index is -1.07. The third kappa shape index (κ3) is 4.69. The zero-order valence-corrected chi connectivity index (χ0v) is 15.8. The maximum Gasteiger partial charge on any atom is 0.263 e. The van der Waals surface area contributed by atoms with Crippen LogP contribution in [0.25, 0.3) is 0 Å². The molecule has 0 N–H and O–H groups in total. The molecule has 0 aliphatic carbocycles. The fourth-order valence-electron chi connectivity index (χ4n) is 3.06. The zero-order chi connectivity index (χ0) is 21.0. The van der Waals surface area contributed by atoms with Crippen LogP contribution in [-0.2, 0) is 4.79 Å². The monoisotopic (exact) mass is 399 g/mol. The molecule has 1 atom stereocenters. The van der Waals surface area contributed by atoms with Crippen molar-refractivity contribution in [3.05, 3.63) is 65.2 Å². The predicted octanol–water partition coefficient (Wildman–Crippen LogP) is 2.59. The molecule has 1 aliphatic rings. The molecule has 1 aliphatic heterocycles. The van der Waals surface area contributed by atoms with Crippen molar-refractivity contribution in [3.8, 4) is 11.8 Å². The molecule has 3 rings (SSSR count). The Hall–Kier alpha value is -3.47. The van der Waals surface area contributed by atoms with Gasteiger partial charge in [-0.2, -0.15) is 5.26 Å². The molecule has 0 saturated carbocycles. The van der Waals surface area contributed by atoms with E-state index >= 15 is 0 Å². The van der Waals surface area contributed by atoms with Crippen molar-refractivity contribution in [2.45, 2.75) is 13.0 Å². The molecule has 0 aromatic heterocycles. The Bertz CT molecular complexity index is 949. The van der Waals surface area contributed by atoms with Gasteiger partial charge in [0, 0.05) is 31.7 Å². The first kappa shape index (κ1) is 20.3. The lowest BCUT2D eigenvalue weighted by Crippen LogP contribution is -2.53. The summed E-state index contributed by atoms with van der Waals surface area (Å²) in [4.78, 5) is 28.2. The average Bonchev–Trinajstić information content (AvgIpc) is 2.75. The van der Waals surface area contributed by atoms with Crippen LogP contribution in [0.1, 0.15) is 22.8 Å². The number of hydrogen-bond donors (Lipinski definition) is 0. The van der Waals surface area contributed by atoms with Crippen LogP contribution in [-0.4, -0.2) is 53.9 Å². The van der Waals surface area contributed by atoms with Crippen LogP contribution < -0.4 is 4.74 Å². The van der Waals surface area contributed by atoms with Gasteiger partial charge in [0.15, 0.2) is 17.7 Å². The van der Waals surface area contributed by atoms with E-state index in [0.717, 1.165) is 12.1 Å². The minimum absolute atomic E-state index is 0.0705. The lowest BCUT2D eigenvalue weighted by molar-refractivity contribution is -0.139. The van der Waals surface area contributed by atoms with Crippen LogP contribution in [0.4, 0.5) is 8.78 Å². The van der Waals surface area contributed by atoms with Gasteiger partial charge in [-0.15, -0.1) is 0 Å². The van der Waals surface area contributed by atoms with E-state index in [9.17, 15) is 18.4 Å². The van der Waals surface area contributed by atoms with E-state index < -0.39 is 23.6 Å². The average molecular weight is 399 g/mol. The van der Waals surface area contributed by atoms with E-state index in [4.69, 9.17) is 10.00 Å². The van der Waals surface area contributed by atoms with Gasteiger partial charge in [-0.3, -0.25) is 9.59 Å². The van der Waals surface area contributed by atoms with E-state index in [1.807, 2.05) is 6.07 Å². The fourth-order valence-corrected chi connectivity index (χ4v) is 3.06. The summed E-state index contributed by atoms with van der Waals surface area (Å²) in [6, 6.07) is 11.5. The number of nitrogens with zero attached hydrogens (tertiary/aromatic N) is 3. The highest BCUT2D eigenvalue weighted by molar-refractivity contribution is 5.94. The Balaban J connectivity index is 1.55. The van der Waals surface area contributed by atoms with Gasteiger partial charge < -0.3 is 14.5 Å². The summed E-state index contributed by atoms with van der Waals surface area (Å²) < 4.78 is 32.0. The number of benzene rings is 2. The van der Waals surface area contributed by atoms with E-state index in [-0.39, 0.29) is 24.6 Å². The van der Waals surface area contributed by atoms with Gasteiger partial charge in [0.2, 0.25) is 0 Å². The maximum atomic E-state index is 13.4. The largest absolute Gasteiger partial charge is 0.481 e. The molecule has 0 radical (unpaired) electrons. The molecule has 0 bridgehead atoms. The SMILES string of the molecule is CC(Oc1ccc(C#N)cc1)C(=O)N1CCN(C(=O)c2ccc(F)c(F)c2)CC1. The molecule has 1 saturated heterocycles. The molecule has 2 aromatic rings. The Labute approximate surface area is 166 Å². The van der Waals surface area contributed by atoms with Crippen molar-refractivity contribution in [1.29, 1.82) is 5.26 Å². The number of ether oxygens (including phenoxy) is 1. The predicted molar refractivity (Wildman–Crippen MR) is 100 cm³/mol. The summed E-state index contributed by atoms with van der Waals surface area (Å²) >= 11 is 0. The summed E-state index contributed by atoms with van der Waals surface area (Å²) in [5.41, 5.74) is 0.569. The quantitative estimate of drug-likeness (QED) is 0.792. The summed E-state index contributed by atoms with van der Waals surface area (Å²) in [5.74, 6) is -2.21. The molecular weight excluding hydrogens is 380 g/mol. The van der Waals surface area contributed by atoms with E-state index in [2.05, 4.69) is 0 Å². The molecule has 8 heteroatoms. The molecule has 1 heterocycles. The summed E-state index contributed by atoms with van der Waals surface area (Å²) in [6.45, 7) is 2.84. The van der Waals surface area contributed by atoms with Crippen molar-refractivity contribution in [2.75, 3.05) is 26.2 Å². The molecule has 1 unspecified atom stereocenters. The van der Waals surface area contributed by atoms with Crippen molar-refractivity contribution in [2.24, 2.45) is 0 Å². The molecule has 150 valence electrons. The number of piperazine rings is 1. The number of halogens is 2. The molecule has 0 spiro atoms. The van der Waals surface area contributed by atoms with Crippen LogP contribution >= 0.6 is 0 Å². The van der Waals surface area contributed by atoms with Crippen molar-refractivity contribution in [1.82, 2.24) is 9.80 Å². The highest BCUT2D eigenvalue weighted by Crippen LogP contribution is 2.16. The number of carbonyl (C=O) groups excluding carboxylic acids is 2. The first-order valence-electron chi connectivity index (χ1n) is 9.09. The van der Waals surface area contributed by atoms with Crippen molar-refractivity contribution in [3.63, 3.8) is 0 Å². The molecule has 6 nitrogen and oxygen atoms in total. The standard InChI is InChI=1S/C21H19F2N3O3/c1-14(29-17-5-2-15(13-24)3-6-17)20(27)25-8-10-26(11-9-25)21(28)16-4-7-18(22)19(23)12-16/h2-7,12,14H,8-11H2,1H3. The number of hydrogen-bond acceptors (Lipinski definition) is 4. The Morgan fingerprint density at radius 3 is 2.21 bits per heavy atom. The topological polar surface area (TPSA) is 73.6 Å². The first-order chi connectivity index (χ1) is 13.9. The number of rotatable bonds is 4. The lowest BCUT2D eigenvalue weighted by Gasteiger charge is -2.36. The van der Waals surface area contributed by atoms with Gasteiger partial charge in [-0.05, 0) is 49.4 Å². The third-order valence-electron chi connectivity index (χ3n) is 4.69. The zero-order valence-electron chi connectivity index (χ0n) is 15.8. The molecular formula is C21H19F2N3O3. The highest BCUT2D eigenvalue weighted by atomic mass is 19.2. The normalized spacial score (nSPS) is 14.8. The smallest absolute Gasteiger partial charge is 0.263 e. The molecule has 1 fully saturated rings. The molecule has 29 heavy (non-hydrogen) atoms. The van der Waals surface area contributed by atoms with Gasteiger partial charge in [0.25, 0.3) is 11.8 Å². The maximum absolute atomic E-state index is 13.4. The van der Waals surface area contributed by atoms with E-state index in [1.54, 1.807) is 36.1 Å². The number of nitriles is 1. The second kappa shape index (κ2) is 8.69. The minimum Gasteiger partial charge on any atom is -0.481 e.